The van der Waals surface area contributed by atoms with E-state index in [-0.39, 0.29) is 17.4 Å². The summed E-state index contributed by atoms with van der Waals surface area (Å²) in [5, 5.41) is 10.3. The highest BCUT2D eigenvalue weighted by molar-refractivity contribution is 6.30. The fraction of sp³-hybridized carbons (Fsp3) is 0.316. The molecule has 3 nitrogen and oxygen atoms in total. The fourth-order valence-corrected chi connectivity index (χ4v) is 3.17. The van der Waals surface area contributed by atoms with Gasteiger partial charge in [-0.2, -0.15) is 0 Å². The molecule has 0 aliphatic carbocycles. The van der Waals surface area contributed by atoms with Crippen LogP contribution in [0.5, 0.6) is 0 Å². The third kappa shape index (κ3) is 3.45. The van der Waals surface area contributed by atoms with Crippen LogP contribution in [0, 0.1) is 11.7 Å². The SMILES string of the molecule is CC(O)C1CCN(C(=O)c2ccc(-c3ccc(Cl)cc3)cc2F)C1. The van der Waals surface area contributed by atoms with Gasteiger partial charge in [-0.25, -0.2) is 4.39 Å². The van der Waals surface area contributed by atoms with E-state index >= 15 is 0 Å². The van der Waals surface area contributed by atoms with Crippen LogP contribution in [0.1, 0.15) is 23.7 Å². The van der Waals surface area contributed by atoms with Gasteiger partial charge in [0.2, 0.25) is 0 Å². The molecule has 2 aromatic rings. The number of hydrogen-bond acceptors (Lipinski definition) is 2. The molecule has 0 radical (unpaired) electrons. The van der Waals surface area contributed by atoms with Crippen molar-refractivity contribution in [2.45, 2.75) is 19.4 Å². The maximum atomic E-state index is 14.5. The molecule has 24 heavy (non-hydrogen) atoms. The number of likely N-dealkylation sites (tertiary alicyclic amines) is 1. The molecule has 5 heteroatoms. The molecule has 0 saturated carbocycles. The number of halogens is 2. The Hall–Kier alpha value is -1.91. The van der Waals surface area contributed by atoms with Gasteiger partial charge in [0, 0.05) is 24.0 Å². The second kappa shape index (κ2) is 6.91. The Kier molecular flexibility index (Phi) is 4.88. The van der Waals surface area contributed by atoms with Crippen molar-refractivity contribution in [3.63, 3.8) is 0 Å². The van der Waals surface area contributed by atoms with E-state index in [9.17, 15) is 14.3 Å². The lowest BCUT2D eigenvalue weighted by Gasteiger charge is -2.18. The van der Waals surface area contributed by atoms with Crippen LogP contribution in [0.2, 0.25) is 5.02 Å². The number of aliphatic hydroxyl groups excluding tert-OH is 1. The highest BCUT2D eigenvalue weighted by Gasteiger charge is 2.30. The van der Waals surface area contributed by atoms with Crippen LogP contribution in [-0.2, 0) is 0 Å². The average molecular weight is 348 g/mol. The largest absolute Gasteiger partial charge is 0.393 e. The number of nitrogens with zero attached hydrogens (tertiary/aromatic N) is 1. The van der Waals surface area contributed by atoms with Crippen LogP contribution in [-0.4, -0.2) is 35.1 Å². The molecular formula is C19H19ClFNO2. The monoisotopic (exact) mass is 347 g/mol. The summed E-state index contributed by atoms with van der Waals surface area (Å²) in [4.78, 5) is 14.1. The lowest BCUT2D eigenvalue weighted by Crippen LogP contribution is -2.31. The Morgan fingerprint density at radius 2 is 1.92 bits per heavy atom. The van der Waals surface area contributed by atoms with E-state index in [4.69, 9.17) is 11.6 Å². The van der Waals surface area contributed by atoms with E-state index in [0.717, 1.165) is 12.0 Å². The fourth-order valence-electron chi connectivity index (χ4n) is 3.05. The molecule has 1 aliphatic rings. The minimum atomic E-state index is -0.534. The van der Waals surface area contributed by atoms with Crippen molar-refractivity contribution in [1.29, 1.82) is 0 Å². The second-order valence-electron chi connectivity index (χ2n) is 6.24. The molecule has 126 valence electrons. The smallest absolute Gasteiger partial charge is 0.256 e. The summed E-state index contributed by atoms with van der Waals surface area (Å²) in [6.07, 6.45) is 0.286. The zero-order chi connectivity index (χ0) is 17.3. The molecule has 0 bridgehead atoms. The standard InChI is InChI=1S/C19H19ClFNO2/c1-12(23)15-8-9-22(11-15)19(24)17-7-4-14(10-18(17)21)13-2-5-16(20)6-3-13/h2-7,10,12,15,23H,8-9,11H2,1H3. The molecule has 3 rings (SSSR count). The van der Waals surface area contributed by atoms with Gasteiger partial charge in [-0.1, -0.05) is 29.8 Å². The van der Waals surface area contributed by atoms with Gasteiger partial charge in [-0.05, 0) is 48.7 Å². The first-order valence-electron chi connectivity index (χ1n) is 7.98. The van der Waals surface area contributed by atoms with Gasteiger partial charge >= 0.3 is 0 Å². The number of carbonyl (C=O) groups excluding carboxylic acids is 1. The lowest BCUT2D eigenvalue weighted by atomic mass is 10.0. The molecule has 1 N–H and O–H groups in total. The molecule has 2 atom stereocenters. The van der Waals surface area contributed by atoms with Gasteiger partial charge in [-0.3, -0.25) is 4.79 Å². The quantitative estimate of drug-likeness (QED) is 0.912. The number of aliphatic hydroxyl groups is 1. The van der Waals surface area contributed by atoms with Gasteiger partial charge in [0.15, 0.2) is 0 Å². The van der Waals surface area contributed by atoms with Crippen molar-refractivity contribution in [3.05, 3.63) is 58.9 Å². The van der Waals surface area contributed by atoms with Crippen LogP contribution < -0.4 is 0 Å². The molecule has 1 aliphatic heterocycles. The van der Waals surface area contributed by atoms with E-state index in [1.807, 2.05) is 12.1 Å². The second-order valence-corrected chi connectivity index (χ2v) is 6.68. The van der Waals surface area contributed by atoms with Crippen molar-refractivity contribution in [2.75, 3.05) is 13.1 Å². The number of amides is 1. The highest BCUT2D eigenvalue weighted by atomic mass is 35.5. The Labute approximate surface area is 145 Å². The molecule has 0 spiro atoms. The minimum Gasteiger partial charge on any atom is -0.393 e. The Morgan fingerprint density at radius 1 is 1.25 bits per heavy atom. The van der Waals surface area contributed by atoms with Gasteiger partial charge in [0.1, 0.15) is 5.82 Å². The Bertz CT molecular complexity index is 746. The van der Waals surface area contributed by atoms with E-state index in [1.165, 1.54) is 12.1 Å². The number of rotatable bonds is 3. The van der Waals surface area contributed by atoms with Crippen LogP contribution >= 0.6 is 11.6 Å². The van der Waals surface area contributed by atoms with E-state index in [2.05, 4.69) is 0 Å². The summed E-state index contributed by atoms with van der Waals surface area (Å²) in [5.74, 6) is -0.795. The van der Waals surface area contributed by atoms with Gasteiger partial charge < -0.3 is 10.0 Å². The first-order chi connectivity index (χ1) is 11.5. The predicted octanol–water partition coefficient (Wildman–Crippen LogP) is 3.99. The van der Waals surface area contributed by atoms with Crippen LogP contribution in [0.15, 0.2) is 42.5 Å². The number of carbonyl (C=O) groups is 1. The van der Waals surface area contributed by atoms with E-state index in [0.29, 0.717) is 23.7 Å². The molecule has 1 heterocycles. The van der Waals surface area contributed by atoms with Crippen LogP contribution in [0.4, 0.5) is 4.39 Å². The predicted molar refractivity (Wildman–Crippen MR) is 92.5 cm³/mol. The highest BCUT2D eigenvalue weighted by Crippen LogP contribution is 2.26. The van der Waals surface area contributed by atoms with Crippen LogP contribution in [0.25, 0.3) is 11.1 Å². The summed E-state index contributed by atoms with van der Waals surface area (Å²) in [7, 11) is 0. The van der Waals surface area contributed by atoms with E-state index in [1.54, 1.807) is 30.0 Å². The third-order valence-corrected chi connectivity index (χ3v) is 4.82. The third-order valence-electron chi connectivity index (χ3n) is 4.57. The molecule has 1 amide bonds. The maximum Gasteiger partial charge on any atom is 0.256 e. The zero-order valence-electron chi connectivity index (χ0n) is 13.4. The van der Waals surface area contributed by atoms with Gasteiger partial charge in [0.05, 0.1) is 11.7 Å². The van der Waals surface area contributed by atoms with Gasteiger partial charge in [-0.15, -0.1) is 0 Å². The van der Waals surface area contributed by atoms with Crippen LogP contribution in [0.3, 0.4) is 0 Å². The molecular weight excluding hydrogens is 329 g/mol. The van der Waals surface area contributed by atoms with Crippen molar-refractivity contribution in [3.8, 4) is 11.1 Å². The summed E-state index contributed by atoms with van der Waals surface area (Å²) in [5.41, 5.74) is 1.61. The molecule has 0 aromatic heterocycles. The number of hydrogen-bond donors (Lipinski definition) is 1. The average Bonchev–Trinajstić information content (AvgIpc) is 3.05. The molecule has 2 aromatic carbocycles. The lowest BCUT2D eigenvalue weighted by molar-refractivity contribution is 0.0758. The molecule has 2 unspecified atom stereocenters. The summed E-state index contributed by atoms with van der Waals surface area (Å²) in [6, 6.07) is 11.7. The summed E-state index contributed by atoms with van der Waals surface area (Å²) < 4.78 is 14.5. The topological polar surface area (TPSA) is 40.5 Å². The zero-order valence-corrected chi connectivity index (χ0v) is 14.1. The van der Waals surface area contributed by atoms with Gasteiger partial charge in [0.25, 0.3) is 5.91 Å². The first kappa shape index (κ1) is 16.9. The minimum absolute atomic E-state index is 0.0605. The normalized spacial score (nSPS) is 18.7. The van der Waals surface area contributed by atoms with Crippen molar-refractivity contribution in [1.82, 2.24) is 4.90 Å². The summed E-state index contributed by atoms with van der Waals surface area (Å²) in [6.45, 7) is 2.74. The summed E-state index contributed by atoms with van der Waals surface area (Å²) >= 11 is 5.86. The van der Waals surface area contributed by atoms with E-state index < -0.39 is 11.9 Å². The Morgan fingerprint density at radius 3 is 2.50 bits per heavy atom. The van der Waals surface area contributed by atoms with Crippen molar-refractivity contribution < 1.29 is 14.3 Å². The number of benzene rings is 2. The van der Waals surface area contributed by atoms with Crippen molar-refractivity contribution in [2.24, 2.45) is 5.92 Å². The Balaban J connectivity index is 1.80. The molecule has 1 fully saturated rings. The molecule has 1 saturated heterocycles. The first-order valence-corrected chi connectivity index (χ1v) is 8.36. The van der Waals surface area contributed by atoms with Crippen molar-refractivity contribution >= 4 is 17.5 Å². The maximum absolute atomic E-state index is 14.5.